The van der Waals surface area contributed by atoms with Crippen LogP contribution in [-0.2, 0) is 9.84 Å². The van der Waals surface area contributed by atoms with E-state index in [1.807, 2.05) is 13.8 Å². The van der Waals surface area contributed by atoms with Gasteiger partial charge in [0.15, 0.2) is 9.84 Å². The molecule has 0 saturated carbocycles. The van der Waals surface area contributed by atoms with Gasteiger partial charge in [0.2, 0.25) is 0 Å². The van der Waals surface area contributed by atoms with Crippen molar-refractivity contribution < 1.29 is 18.4 Å². The lowest BCUT2D eigenvalue weighted by Crippen LogP contribution is -2.32. The Balaban J connectivity index is 3.22. The van der Waals surface area contributed by atoms with Gasteiger partial charge in [0, 0.05) is 32.5 Å². The number of hydrogen-bond donors (Lipinski definition) is 1. The molecule has 1 N–H and O–H groups in total. The SMILES string of the molecule is CN(CC(C)(C)CCO)c1ccc(S(C)(=O)=O)cc1[N+](=O)[O-]. The van der Waals surface area contributed by atoms with Crippen LogP contribution in [0.4, 0.5) is 11.4 Å². The lowest BCUT2D eigenvalue weighted by atomic mass is 9.89. The number of nitro groups is 1. The van der Waals surface area contributed by atoms with Crippen LogP contribution in [-0.4, -0.2) is 44.9 Å². The predicted molar refractivity (Wildman–Crippen MR) is 85.0 cm³/mol. The third-order valence-electron chi connectivity index (χ3n) is 3.44. The zero-order valence-corrected chi connectivity index (χ0v) is 14.1. The Morgan fingerprint density at radius 2 is 1.95 bits per heavy atom. The van der Waals surface area contributed by atoms with E-state index in [9.17, 15) is 18.5 Å². The molecular weight excluding hydrogens is 308 g/mol. The molecule has 0 atom stereocenters. The normalized spacial score (nSPS) is 12.2. The molecule has 0 heterocycles. The monoisotopic (exact) mass is 330 g/mol. The average Bonchev–Trinajstić information content (AvgIpc) is 2.36. The Hall–Kier alpha value is -1.67. The zero-order chi connectivity index (χ0) is 17.1. The van der Waals surface area contributed by atoms with Crippen LogP contribution in [0.3, 0.4) is 0 Å². The van der Waals surface area contributed by atoms with E-state index in [-0.39, 0.29) is 22.6 Å². The molecule has 0 saturated heterocycles. The fourth-order valence-electron chi connectivity index (χ4n) is 2.31. The van der Waals surface area contributed by atoms with E-state index in [4.69, 9.17) is 5.11 Å². The van der Waals surface area contributed by atoms with Crippen molar-refractivity contribution in [3.8, 4) is 0 Å². The van der Waals surface area contributed by atoms with Gasteiger partial charge in [0.1, 0.15) is 5.69 Å². The molecule has 7 nitrogen and oxygen atoms in total. The number of hydrogen-bond acceptors (Lipinski definition) is 6. The van der Waals surface area contributed by atoms with Gasteiger partial charge in [-0.05, 0) is 24.0 Å². The Morgan fingerprint density at radius 1 is 1.36 bits per heavy atom. The van der Waals surface area contributed by atoms with Crippen LogP contribution in [0, 0.1) is 15.5 Å². The lowest BCUT2D eigenvalue weighted by Gasteiger charge is -2.31. The van der Waals surface area contributed by atoms with Gasteiger partial charge in [0.25, 0.3) is 5.69 Å². The molecular formula is C14H22N2O5S. The van der Waals surface area contributed by atoms with Crippen molar-refractivity contribution in [1.29, 1.82) is 0 Å². The van der Waals surface area contributed by atoms with Crippen LogP contribution < -0.4 is 4.90 Å². The van der Waals surface area contributed by atoms with Gasteiger partial charge in [-0.2, -0.15) is 0 Å². The minimum absolute atomic E-state index is 0.0376. The highest BCUT2D eigenvalue weighted by Gasteiger charge is 2.25. The summed E-state index contributed by atoms with van der Waals surface area (Å²) in [5, 5.41) is 20.3. The van der Waals surface area contributed by atoms with E-state index < -0.39 is 14.8 Å². The summed E-state index contributed by atoms with van der Waals surface area (Å²) in [4.78, 5) is 12.3. The maximum Gasteiger partial charge on any atom is 0.293 e. The summed E-state index contributed by atoms with van der Waals surface area (Å²) in [6.07, 6.45) is 1.58. The second-order valence-corrected chi connectivity index (χ2v) is 8.19. The molecule has 1 rings (SSSR count). The van der Waals surface area contributed by atoms with Crippen LogP contribution in [0.5, 0.6) is 0 Å². The van der Waals surface area contributed by atoms with Crippen LogP contribution in [0.15, 0.2) is 23.1 Å². The lowest BCUT2D eigenvalue weighted by molar-refractivity contribution is -0.384. The third-order valence-corrected chi connectivity index (χ3v) is 4.55. The van der Waals surface area contributed by atoms with Crippen LogP contribution in [0.1, 0.15) is 20.3 Å². The fraction of sp³-hybridized carbons (Fsp3) is 0.571. The van der Waals surface area contributed by atoms with Gasteiger partial charge in [-0.25, -0.2) is 8.42 Å². The van der Waals surface area contributed by atoms with Gasteiger partial charge in [-0.3, -0.25) is 10.1 Å². The molecule has 0 aliphatic carbocycles. The van der Waals surface area contributed by atoms with Crippen LogP contribution in [0.2, 0.25) is 0 Å². The topological polar surface area (TPSA) is 101 Å². The second kappa shape index (κ2) is 6.62. The number of sulfone groups is 1. The Bertz CT molecular complexity index is 655. The molecule has 0 spiro atoms. The average molecular weight is 330 g/mol. The summed E-state index contributed by atoms with van der Waals surface area (Å²) < 4.78 is 23.1. The molecule has 0 aliphatic rings. The van der Waals surface area contributed by atoms with E-state index in [0.717, 1.165) is 12.3 Å². The third kappa shape index (κ3) is 4.67. The van der Waals surface area contributed by atoms with Crippen molar-refractivity contribution in [2.75, 3.05) is 31.4 Å². The first-order valence-electron chi connectivity index (χ1n) is 6.78. The standard InChI is InChI=1S/C14H22N2O5S/c1-14(2,7-8-17)10-15(3)12-6-5-11(22(4,20)21)9-13(12)16(18)19/h5-6,9,17H,7-8,10H2,1-4H3. The van der Waals surface area contributed by atoms with E-state index in [2.05, 4.69) is 0 Å². The van der Waals surface area contributed by atoms with Crippen LogP contribution in [0.25, 0.3) is 0 Å². The summed E-state index contributed by atoms with van der Waals surface area (Å²) in [5.41, 5.74) is -0.124. The Morgan fingerprint density at radius 3 is 2.41 bits per heavy atom. The highest BCUT2D eigenvalue weighted by molar-refractivity contribution is 7.90. The minimum Gasteiger partial charge on any atom is -0.396 e. The number of nitrogens with zero attached hydrogens (tertiary/aromatic N) is 2. The van der Waals surface area contributed by atoms with E-state index in [0.29, 0.717) is 18.7 Å². The first-order chi connectivity index (χ1) is 9.98. The van der Waals surface area contributed by atoms with Gasteiger partial charge in [0.05, 0.1) is 9.82 Å². The highest BCUT2D eigenvalue weighted by atomic mass is 32.2. The highest BCUT2D eigenvalue weighted by Crippen LogP contribution is 2.32. The molecule has 1 aromatic rings. The number of rotatable bonds is 7. The largest absolute Gasteiger partial charge is 0.396 e. The van der Waals surface area contributed by atoms with Gasteiger partial charge in [-0.1, -0.05) is 13.8 Å². The molecule has 0 aromatic heterocycles. The van der Waals surface area contributed by atoms with Gasteiger partial charge in [-0.15, -0.1) is 0 Å². The van der Waals surface area contributed by atoms with Crippen molar-refractivity contribution >= 4 is 21.2 Å². The number of anilines is 1. The van der Waals surface area contributed by atoms with Crippen molar-refractivity contribution in [2.24, 2.45) is 5.41 Å². The minimum atomic E-state index is -3.50. The first-order valence-corrected chi connectivity index (χ1v) is 8.67. The summed E-state index contributed by atoms with van der Waals surface area (Å²) in [7, 11) is -1.79. The number of benzene rings is 1. The van der Waals surface area contributed by atoms with Crippen molar-refractivity contribution in [2.45, 2.75) is 25.2 Å². The summed E-state index contributed by atoms with van der Waals surface area (Å²) in [6.45, 7) is 4.44. The maximum atomic E-state index is 11.5. The predicted octanol–water partition coefficient (Wildman–Crippen LogP) is 1.84. The molecule has 0 unspecified atom stereocenters. The smallest absolute Gasteiger partial charge is 0.293 e. The summed E-state index contributed by atoms with van der Waals surface area (Å²) in [5.74, 6) is 0. The second-order valence-electron chi connectivity index (χ2n) is 6.17. The van der Waals surface area contributed by atoms with Crippen molar-refractivity contribution in [3.05, 3.63) is 28.3 Å². The molecule has 0 fully saturated rings. The number of nitro benzene ring substituents is 1. The van der Waals surface area contributed by atoms with Gasteiger partial charge < -0.3 is 10.0 Å². The van der Waals surface area contributed by atoms with E-state index >= 15 is 0 Å². The maximum absolute atomic E-state index is 11.5. The molecule has 8 heteroatoms. The van der Waals surface area contributed by atoms with Crippen molar-refractivity contribution in [3.63, 3.8) is 0 Å². The molecule has 0 bridgehead atoms. The zero-order valence-electron chi connectivity index (χ0n) is 13.2. The molecule has 0 amide bonds. The summed E-state index contributed by atoms with van der Waals surface area (Å²) >= 11 is 0. The van der Waals surface area contributed by atoms with E-state index in [1.54, 1.807) is 11.9 Å². The van der Waals surface area contributed by atoms with Gasteiger partial charge >= 0.3 is 0 Å². The molecule has 124 valence electrons. The molecule has 1 aromatic carbocycles. The molecule has 22 heavy (non-hydrogen) atoms. The molecule has 0 radical (unpaired) electrons. The van der Waals surface area contributed by atoms with E-state index in [1.165, 1.54) is 12.1 Å². The number of aliphatic hydroxyl groups is 1. The molecule has 0 aliphatic heterocycles. The summed E-state index contributed by atoms with van der Waals surface area (Å²) in [6, 6.07) is 3.90. The van der Waals surface area contributed by atoms with Crippen LogP contribution >= 0.6 is 0 Å². The fourth-order valence-corrected chi connectivity index (χ4v) is 2.95. The number of aliphatic hydroxyl groups excluding tert-OH is 1. The first kappa shape index (κ1) is 18.4. The Kier molecular flexibility index (Phi) is 5.53. The quantitative estimate of drug-likeness (QED) is 0.605. The van der Waals surface area contributed by atoms with Crippen molar-refractivity contribution in [1.82, 2.24) is 0 Å². The Labute approximate surface area is 130 Å².